The predicted octanol–water partition coefficient (Wildman–Crippen LogP) is 6.31. The standard InChI is InChI=1S/C28H30Cl2N2O2S/c1-3-31-28(34)26(16-21-10-5-4-6-11-21)32(17-22-13-14-24(29)25(30)15-22)27(33)19-35-18-23-12-8-7-9-20(23)2/h4-15,26H,3,16-19H2,1-2H3,(H,31,34). The van der Waals surface area contributed by atoms with E-state index in [1.165, 1.54) is 11.1 Å². The van der Waals surface area contributed by atoms with Gasteiger partial charge < -0.3 is 10.2 Å². The van der Waals surface area contributed by atoms with E-state index in [0.717, 1.165) is 16.9 Å². The number of thioether (sulfide) groups is 1. The van der Waals surface area contributed by atoms with Crippen molar-refractivity contribution in [2.75, 3.05) is 12.3 Å². The molecule has 0 spiro atoms. The van der Waals surface area contributed by atoms with Crippen molar-refractivity contribution in [1.29, 1.82) is 0 Å². The molecule has 0 saturated carbocycles. The number of halogens is 2. The van der Waals surface area contributed by atoms with Crippen LogP contribution in [0.3, 0.4) is 0 Å². The first kappa shape index (κ1) is 27.1. The maximum Gasteiger partial charge on any atom is 0.243 e. The van der Waals surface area contributed by atoms with Gasteiger partial charge in [0.2, 0.25) is 11.8 Å². The molecule has 1 N–H and O–H groups in total. The molecule has 7 heteroatoms. The van der Waals surface area contributed by atoms with Gasteiger partial charge in [0.1, 0.15) is 6.04 Å². The van der Waals surface area contributed by atoms with E-state index in [0.29, 0.717) is 23.0 Å². The Bertz CT molecular complexity index is 1140. The molecule has 4 nitrogen and oxygen atoms in total. The van der Waals surface area contributed by atoms with Crippen molar-refractivity contribution in [3.05, 3.63) is 105 Å². The fourth-order valence-electron chi connectivity index (χ4n) is 3.78. The van der Waals surface area contributed by atoms with Crippen molar-refractivity contribution in [2.45, 2.75) is 38.6 Å². The molecule has 1 atom stereocenters. The number of hydrogen-bond acceptors (Lipinski definition) is 3. The SMILES string of the molecule is CCNC(=O)C(Cc1ccccc1)N(Cc1ccc(Cl)c(Cl)c1)C(=O)CSCc1ccccc1C. The maximum absolute atomic E-state index is 13.6. The average Bonchev–Trinajstić information content (AvgIpc) is 2.85. The number of carbonyl (C=O) groups is 2. The van der Waals surface area contributed by atoms with Gasteiger partial charge in [0, 0.05) is 25.3 Å². The van der Waals surface area contributed by atoms with Gasteiger partial charge in [-0.3, -0.25) is 9.59 Å². The van der Waals surface area contributed by atoms with Crippen LogP contribution in [0.2, 0.25) is 10.0 Å². The van der Waals surface area contributed by atoms with Gasteiger partial charge in [0.25, 0.3) is 0 Å². The van der Waals surface area contributed by atoms with Gasteiger partial charge in [0.15, 0.2) is 0 Å². The Labute approximate surface area is 222 Å². The van der Waals surface area contributed by atoms with E-state index in [1.807, 2.05) is 55.5 Å². The number of amides is 2. The maximum atomic E-state index is 13.6. The quantitative estimate of drug-likeness (QED) is 0.317. The van der Waals surface area contributed by atoms with Gasteiger partial charge in [-0.15, -0.1) is 11.8 Å². The van der Waals surface area contributed by atoms with E-state index in [4.69, 9.17) is 23.2 Å². The highest BCUT2D eigenvalue weighted by Crippen LogP contribution is 2.25. The number of benzene rings is 3. The van der Waals surface area contributed by atoms with Crippen LogP contribution in [0.1, 0.15) is 29.2 Å². The van der Waals surface area contributed by atoms with Crippen LogP contribution in [0, 0.1) is 6.92 Å². The molecule has 0 fully saturated rings. The largest absolute Gasteiger partial charge is 0.355 e. The summed E-state index contributed by atoms with van der Waals surface area (Å²) in [7, 11) is 0. The zero-order valence-electron chi connectivity index (χ0n) is 20.0. The number of hydrogen-bond donors (Lipinski definition) is 1. The van der Waals surface area contributed by atoms with Crippen molar-refractivity contribution >= 4 is 46.8 Å². The molecule has 35 heavy (non-hydrogen) atoms. The molecule has 0 bridgehead atoms. The summed E-state index contributed by atoms with van der Waals surface area (Å²) in [6.45, 7) is 4.69. The van der Waals surface area contributed by atoms with Crippen molar-refractivity contribution < 1.29 is 9.59 Å². The minimum atomic E-state index is -0.654. The minimum absolute atomic E-state index is 0.0955. The molecule has 0 aliphatic carbocycles. The normalized spacial score (nSPS) is 11.7. The number of nitrogens with one attached hydrogen (secondary N) is 1. The molecule has 3 aromatic carbocycles. The second-order valence-electron chi connectivity index (χ2n) is 8.29. The fourth-order valence-corrected chi connectivity index (χ4v) is 5.09. The van der Waals surface area contributed by atoms with E-state index in [9.17, 15) is 9.59 Å². The molecule has 3 aromatic rings. The van der Waals surface area contributed by atoms with Gasteiger partial charge in [-0.05, 0) is 48.2 Å². The lowest BCUT2D eigenvalue weighted by Crippen LogP contribution is -2.51. The number of aryl methyl sites for hydroxylation is 1. The fraction of sp³-hybridized carbons (Fsp3) is 0.286. The van der Waals surface area contributed by atoms with E-state index in [1.54, 1.807) is 28.8 Å². The van der Waals surface area contributed by atoms with Gasteiger partial charge in [-0.2, -0.15) is 0 Å². The second kappa shape index (κ2) is 13.6. The molecule has 0 aromatic heterocycles. The Hall–Kier alpha value is -2.47. The highest BCUT2D eigenvalue weighted by atomic mass is 35.5. The topological polar surface area (TPSA) is 49.4 Å². The van der Waals surface area contributed by atoms with Crippen LogP contribution in [0.25, 0.3) is 0 Å². The Kier molecular flexibility index (Phi) is 10.5. The molecule has 0 saturated heterocycles. The lowest BCUT2D eigenvalue weighted by molar-refractivity contribution is -0.139. The van der Waals surface area contributed by atoms with Gasteiger partial charge >= 0.3 is 0 Å². The molecule has 184 valence electrons. The Morgan fingerprint density at radius 1 is 0.943 bits per heavy atom. The Morgan fingerprint density at radius 2 is 1.66 bits per heavy atom. The third kappa shape index (κ3) is 8.03. The lowest BCUT2D eigenvalue weighted by Gasteiger charge is -2.31. The van der Waals surface area contributed by atoms with Gasteiger partial charge in [0.05, 0.1) is 15.8 Å². The number of likely N-dealkylation sites (N-methyl/N-ethyl adjacent to an activating group) is 1. The first-order valence-corrected chi connectivity index (χ1v) is 13.5. The molecule has 0 heterocycles. The summed E-state index contributed by atoms with van der Waals surface area (Å²) in [6, 6.07) is 22.6. The highest BCUT2D eigenvalue weighted by Gasteiger charge is 2.30. The third-order valence-corrected chi connectivity index (χ3v) is 7.41. The molecule has 1 unspecified atom stereocenters. The van der Waals surface area contributed by atoms with Crippen LogP contribution < -0.4 is 5.32 Å². The van der Waals surface area contributed by atoms with E-state index < -0.39 is 6.04 Å². The summed E-state index contributed by atoms with van der Waals surface area (Å²) < 4.78 is 0. The third-order valence-electron chi connectivity index (χ3n) is 5.70. The average molecular weight is 530 g/mol. The van der Waals surface area contributed by atoms with Gasteiger partial charge in [-0.1, -0.05) is 83.9 Å². The summed E-state index contributed by atoms with van der Waals surface area (Å²) in [5, 5.41) is 3.78. The molecular formula is C28H30Cl2N2O2S. The lowest BCUT2D eigenvalue weighted by atomic mass is 10.0. The summed E-state index contributed by atoms with van der Waals surface area (Å²) in [6.07, 6.45) is 0.419. The number of rotatable bonds is 11. The summed E-state index contributed by atoms with van der Waals surface area (Å²) in [5.74, 6) is 0.722. The van der Waals surface area contributed by atoms with Crippen LogP contribution in [-0.4, -0.2) is 35.1 Å². The van der Waals surface area contributed by atoms with Crippen molar-refractivity contribution in [1.82, 2.24) is 10.2 Å². The monoisotopic (exact) mass is 528 g/mol. The molecule has 3 rings (SSSR count). The molecule has 2 amide bonds. The molecule has 0 aliphatic heterocycles. The Balaban J connectivity index is 1.85. The first-order valence-electron chi connectivity index (χ1n) is 11.6. The smallest absolute Gasteiger partial charge is 0.243 e. The van der Waals surface area contributed by atoms with Crippen LogP contribution in [-0.2, 0) is 28.3 Å². The Morgan fingerprint density at radius 3 is 2.34 bits per heavy atom. The van der Waals surface area contributed by atoms with Crippen molar-refractivity contribution in [3.8, 4) is 0 Å². The second-order valence-corrected chi connectivity index (χ2v) is 10.1. The molecular weight excluding hydrogens is 499 g/mol. The predicted molar refractivity (Wildman–Crippen MR) is 147 cm³/mol. The molecule has 0 aliphatic rings. The summed E-state index contributed by atoms with van der Waals surface area (Å²) in [5.41, 5.74) is 4.21. The van der Waals surface area contributed by atoms with Crippen LogP contribution >= 0.6 is 35.0 Å². The van der Waals surface area contributed by atoms with E-state index in [2.05, 4.69) is 24.4 Å². The zero-order valence-corrected chi connectivity index (χ0v) is 22.3. The number of carbonyl (C=O) groups excluding carboxylic acids is 2. The summed E-state index contributed by atoms with van der Waals surface area (Å²) >= 11 is 13.9. The highest BCUT2D eigenvalue weighted by molar-refractivity contribution is 7.99. The van der Waals surface area contributed by atoms with Crippen LogP contribution in [0.15, 0.2) is 72.8 Å². The minimum Gasteiger partial charge on any atom is -0.355 e. The molecule has 0 radical (unpaired) electrons. The van der Waals surface area contributed by atoms with Crippen LogP contribution in [0.4, 0.5) is 0 Å². The summed E-state index contributed by atoms with van der Waals surface area (Å²) in [4.78, 5) is 28.4. The zero-order chi connectivity index (χ0) is 25.2. The first-order chi connectivity index (χ1) is 16.9. The van der Waals surface area contributed by atoms with Crippen molar-refractivity contribution in [3.63, 3.8) is 0 Å². The van der Waals surface area contributed by atoms with Gasteiger partial charge in [-0.25, -0.2) is 0 Å². The van der Waals surface area contributed by atoms with Crippen molar-refractivity contribution in [2.24, 2.45) is 0 Å². The van der Waals surface area contributed by atoms with E-state index in [-0.39, 0.29) is 24.1 Å². The van der Waals surface area contributed by atoms with E-state index >= 15 is 0 Å². The van der Waals surface area contributed by atoms with Crippen LogP contribution in [0.5, 0.6) is 0 Å². The number of nitrogens with zero attached hydrogens (tertiary/aromatic N) is 1.